The van der Waals surface area contributed by atoms with Gasteiger partial charge in [-0.25, -0.2) is 0 Å². The first-order valence-electron chi connectivity index (χ1n) is 3.58. The average molecular weight is 169 g/mol. The van der Waals surface area contributed by atoms with Crippen molar-refractivity contribution in [2.24, 2.45) is 5.73 Å². The van der Waals surface area contributed by atoms with Crippen molar-refractivity contribution >= 4 is 0 Å². The number of aliphatic hydroxyl groups is 2. The molecular weight excluding hydrogens is 158 g/mol. The first kappa shape index (κ1) is 9.05. The fourth-order valence-corrected chi connectivity index (χ4v) is 0.789. The standard InChI is InChI=1S/C7H11N3O2/c8-3-6(11)7(12)5-4-9-1-2-10-5/h1-2,4,6-7,11-12H,3,8H2. The summed E-state index contributed by atoms with van der Waals surface area (Å²) < 4.78 is 0. The summed E-state index contributed by atoms with van der Waals surface area (Å²) in [5, 5.41) is 18.5. The van der Waals surface area contributed by atoms with E-state index in [1.807, 2.05) is 0 Å². The molecule has 0 bridgehead atoms. The van der Waals surface area contributed by atoms with Gasteiger partial charge in [-0.2, -0.15) is 0 Å². The second kappa shape index (κ2) is 4.10. The Balaban J connectivity index is 2.71. The lowest BCUT2D eigenvalue weighted by Gasteiger charge is -2.14. The molecule has 1 heterocycles. The van der Waals surface area contributed by atoms with Crippen molar-refractivity contribution in [2.45, 2.75) is 12.2 Å². The van der Waals surface area contributed by atoms with Gasteiger partial charge in [0, 0.05) is 18.9 Å². The van der Waals surface area contributed by atoms with Gasteiger partial charge in [-0.15, -0.1) is 0 Å². The maximum Gasteiger partial charge on any atom is 0.124 e. The van der Waals surface area contributed by atoms with E-state index < -0.39 is 12.2 Å². The second-order valence-electron chi connectivity index (χ2n) is 2.38. The van der Waals surface area contributed by atoms with E-state index in [4.69, 9.17) is 10.8 Å². The van der Waals surface area contributed by atoms with Crippen molar-refractivity contribution in [3.05, 3.63) is 24.3 Å². The summed E-state index contributed by atoms with van der Waals surface area (Å²) in [5.74, 6) is 0. The lowest BCUT2D eigenvalue weighted by molar-refractivity contribution is 0.0215. The number of hydrogen-bond donors (Lipinski definition) is 3. The molecule has 1 aromatic rings. The van der Waals surface area contributed by atoms with Crippen LogP contribution in [-0.4, -0.2) is 32.8 Å². The topological polar surface area (TPSA) is 92.3 Å². The lowest BCUT2D eigenvalue weighted by atomic mass is 10.1. The maximum atomic E-state index is 9.36. The largest absolute Gasteiger partial charge is 0.389 e. The first-order valence-corrected chi connectivity index (χ1v) is 3.58. The molecule has 0 aliphatic heterocycles. The van der Waals surface area contributed by atoms with Crippen LogP contribution in [0.25, 0.3) is 0 Å². The van der Waals surface area contributed by atoms with Crippen molar-refractivity contribution in [2.75, 3.05) is 6.54 Å². The van der Waals surface area contributed by atoms with Gasteiger partial charge in [0.1, 0.15) is 6.10 Å². The van der Waals surface area contributed by atoms with Crippen molar-refractivity contribution in [3.8, 4) is 0 Å². The van der Waals surface area contributed by atoms with Crippen LogP contribution in [0.5, 0.6) is 0 Å². The minimum atomic E-state index is -1.05. The molecule has 12 heavy (non-hydrogen) atoms. The predicted octanol–water partition coefficient (Wildman–Crippen LogP) is -1.17. The Kier molecular flexibility index (Phi) is 3.09. The van der Waals surface area contributed by atoms with E-state index in [-0.39, 0.29) is 6.54 Å². The Morgan fingerprint density at radius 1 is 1.42 bits per heavy atom. The van der Waals surface area contributed by atoms with Gasteiger partial charge >= 0.3 is 0 Å². The molecule has 5 heteroatoms. The van der Waals surface area contributed by atoms with E-state index in [0.29, 0.717) is 5.69 Å². The Morgan fingerprint density at radius 2 is 2.17 bits per heavy atom. The monoisotopic (exact) mass is 169 g/mol. The molecule has 0 spiro atoms. The van der Waals surface area contributed by atoms with E-state index >= 15 is 0 Å². The van der Waals surface area contributed by atoms with Gasteiger partial charge in [0.25, 0.3) is 0 Å². The minimum absolute atomic E-state index is 0.00224. The van der Waals surface area contributed by atoms with Crippen LogP contribution < -0.4 is 5.73 Å². The van der Waals surface area contributed by atoms with Gasteiger partial charge in [-0.3, -0.25) is 9.97 Å². The summed E-state index contributed by atoms with van der Waals surface area (Å²) in [6.45, 7) is -0.00224. The zero-order valence-electron chi connectivity index (χ0n) is 6.46. The third kappa shape index (κ3) is 1.97. The molecule has 0 aliphatic rings. The molecule has 0 fully saturated rings. The third-order valence-electron chi connectivity index (χ3n) is 1.49. The van der Waals surface area contributed by atoms with E-state index in [0.717, 1.165) is 0 Å². The van der Waals surface area contributed by atoms with Crippen molar-refractivity contribution in [3.63, 3.8) is 0 Å². The summed E-state index contributed by atoms with van der Waals surface area (Å²) in [7, 11) is 0. The van der Waals surface area contributed by atoms with Crippen LogP contribution in [0.4, 0.5) is 0 Å². The first-order chi connectivity index (χ1) is 5.75. The number of rotatable bonds is 3. The predicted molar refractivity (Wildman–Crippen MR) is 42.1 cm³/mol. The lowest BCUT2D eigenvalue weighted by Crippen LogP contribution is -2.27. The summed E-state index contributed by atoms with van der Waals surface area (Å²) in [5.41, 5.74) is 5.48. The summed E-state index contributed by atoms with van der Waals surface area (Å²) >= 11 is 0. The van der Waals surface area contributed by atoms with Crippen LogP contribution in [0.2, 0.25) is 0 Å². The highest BCUT2D eigenvalue weighted by Crippen LogP contribution is 2.11. The molecule has 0 aromatic carbocycles. The molecule has 0 saturated heterocycles. The zero-order valence-corrected chi connectivity index (χ0v) is 6.46. The molecule has 5 nitrogen and oxygen atoms in total. The van der Waals surface area contributed by atoms with Gasteiger partial charge < -0.3 is 15.9 Å². The molecule has 2 unspecified atom stereocenters. The average Bonchev–Trinajstić information content (AvgIpc) is 2.17. The van der Waals surface area contributed by atoms with E-state index in [1.54, 1.807) is 0 Å². The van der Waals surface area contributed by atoms with E-state index in [9.17, 15) is 5.11 Å². The summed E-state index contributed by atoms with van der Waals surface area (Å²) in [4.78, 5) is 7.57. The summed E-state index contributed by atoms with van der Waals surface area (Å²) in [6, 6.07) is 0. The molecular formula is C7H11N3O2. The molecule has 0 saturated carbocycles. The van der Waals surface area contributed by atoms with Crippen molar-refractivity contribution in [1.29, 1.82) is 0 Å². The van der Waals surface area contributed by atoms with Crippen molar-refractivity contribution < 1.29 is 10.2 Å². The molecule has 2 atom stereocenters. The highest BCUT2D eigenvalue weighted by molar-refractivity contribution is 5.01. The van der Waals surface area contributed by atoms with Gasteiger partial charge in [0.05, 0.1) is 18.0 Å². The number of aliphatic hydroxyl groups excluding tert-OH is 2. The normalized spacial score (nSPS) is 15.6. The molecule has 0 aliphatic carbocycles. The SMILES string of the molecule is NCC(O)C(O)c1cnccn1. The summed E-state index contributed by atoms with van der Waals surface area (Å²) in [6.07, 6.45) is 2.29. The van der Waals surface area contributed by atoms with Crippen LogP contribution in [0.3, 0.4) is 0 Å². The third-order valence-corrected chi connectivity index (χ3v) is 1.49. The van der Waals surface area contributed by atoms with Gasteiger partial charge in [-0.1, -0.05) is 0 Å². The van der Waals surface area contributed by atoms with Crippen LogP contribution in [0.15, 0.2) is 18.6 Å². The molecule has 0 radical (unpaired) electrons. The maximum absolute atomic E-state index is 9.36. The number of aromatic nitrogens is 2. The van der Waals surface area contributed by atoms with Gasteiger partial charge in [-0.05, 0) is 0 Å². The van der Waals surface area contributed by atoms with Crippen molar-refractivity contribution in [1.82, 2.24) is 9.97 Å². The molecule has 66 valence electrons. The highest BCUT2D eigenvalue weighted by atomic mass is 16.3. The molecule has 1 aromatic heterocycles. The Bertz CT molecular complexity index is 229. The minimum Gasteiger partial charge on any atom is -0.389 e. The van der Waals surface area contributed by atoms with Crippen LogP contribution in [0.1, 0.15) is 11.8 Å². The van der Waals surface area contributed by atoms with Gasteiger partial charge in [0.2, 0.25) is 0 Å². The Hall–Kier alpha value is -1.04. The fraction of sp³-hybridized carbons (Fsp3) is 0.429. The zero-order chi connectivity index (χ0) is 8.97. The fourth-order valence-electron chi connectivity index (χ4n) is 0.789. The Labute approximate surface area is 69.9 Å². The number of hydrogen-bond acceptors (Lipinski definition) is 5. The molecule has 4 N–H and O–H groups in total. The van der Waals surface area contributed by atoms with E-state index in [1.165, 1.54) is 18.6 Å². The van der Waals surface area contributed by atoms with Crippen LogP contribution >= 0.6 is 0 Å². The number of nitrogens with zero attached hydrogens (tertiary/aromatic N) is 2. The number of nitrogens with two attached hydrogens (primary N) is 1. The molecule has 0 amide bonds. The Morgan fingerprint density at radius 3 is 2.67 bits per heavy atom. The highest BCUT2D eigenvalue weighted by Gasteiger charge is 2.17. The van der Waals surface area contributed by atoms with Crippen LogP contribution in [-0.2, 0) is 0 Å². The van der Waals surface area contributed by atoms with E-state index in [2.05, 4.69) is 9.97 Å². The smallest absolute Gasteiger partial charge is 0.124 e. The second-order valence-corrected chi connectivity index (χ2v) is 2.38. The van der Waals surface area contributed by atoms with Gasteiger partial charge in [0.15, 0.2) is 0 Å². The molecule has 1 rings (SSSR count). The quantitative estimate of drug-likeness (QED) is 0.530. The van der Waals surface area contributed by atoms with Crippen LogP contribution in [0, 0.1) is 0 Å².